The Morgan fingerprint density at radius 1 is 0.160 bits per heavy atom. The molecule has 0 saturated heterocycles. The van der Waals surface area contributed by atoms with Gasteiger partial charge in [-0.05, 0) is 369 Å². The third kappa shape index (κ3) is 32.6. The van der Waals surface area contributed by atoms with Crippen LogP contribution in [0, 0.1) is 69.2 Å². The Bertz CT molecular complexity index is 6800. The fourth-order valence-electron chi connectivity index (χ4n) is 20.1. The van der Waals surface area contributed by atoms with Crippen molar-refractivity contribution in [3.05, 3.63) is 472 Å². The lowest BCUT2D eigenvalue weighted by molar-refractivity contribution is -0.936. The summed E-state index contributed by atoms with van der Waals surface area (Å²) in [5.74, 6) is 0. The number of benzene rings is 17. The second kappa shape index (κ2) is 55.2. The standard InChI is InChI=1S/2C31H37N2.C27H35N2.2C24H29N2.CH4.ClH.HI/c1-6-33(7-2,8-3)23-26-13-14-28-22-31(20-15-27(28)21-26)32(29-16-9-24(4)10-17-29)30-18-11-25(5)12-19-30;1-6-33(7-2,8-3)23-26-13-14-27-15-20-31(22-28(27)21-26)32(29-16-9-24(4)10-17-29)30-18-11-25(5)12-19-30;1-6-29(7-2,8-3)21-24-15-17-25(18-16-24)28(26-13-9-11-22(4)19-26)27-14-10-12-23(5)20-27;1-19-9-6-12-22(15-19)25(23-13-7-10-20(2)16-23)24-14-8-11-21(17-24)18-26(3,4)5;1-19-9-13-22(14-10-19)25(23-15-11-20(2)12-16-23)24-8-6-7-21(17-24)18-26(3,4)5;;;/h2*9-22H,6-8,23H2,1-5H3;9-20H,6-8,21H2,1-5H3;2*6-17H,18H2,1-5H3;1H4;2*1H/q5*+1;;;/p-2. The average molecular weight is 2130 g/mol. The zero-order valence-electron chi connectivity index (χ0n) is 94.1. The molecule has 0 aliphatic rings. The zero-order chi connectivity index (χ0) is 105. The van der Waals surface area contributed by atoms with Gasteiger partial charge in [-0.25, -0.2) is 0 Å². The Balaban J connectivity index is 0.000000191. The van der Waals surface area contributed by atoms with Gasteiger partial charge >= 0.3 is 0 Å². The van der Waals surface area contributed by atoms with E-state index in [1.807, 2.05) is 0 Å². The maximum Gasteiger partial charge on any atom is 0.104 e. The first-order valence-electron chi connectivity index (χ1n) is 53.7. The highest BCUT2D eigenvalue weighted by atomic mass is 127. The second-order valence-electron chi connectivity index (χ2n) is 43.0. The van der Waals surface area contributed by atoms with Crippen molar-refractivity contribution < 1.29 is 58.8 Å². The summed E-state index contributed by atoms with van der Waals surface area (Å²) in [6.07, 6.45) is 0. The number of fused-ring (bicyclic) bond motifs is 2. The molecule has 0 bridgehead atoms. The number of quaternary nitrogens is 5. The third-order valence-corrected chi connectivity index (χ3v) is 29.5. The van der Waals surface area contributed by atoms with Gasteiger partial charge in [0.25, 0.3) is 0 Å². The topological polar surface area (TPSA) is 16.2 Å². The first-order chi connectivity index (χ1) is 70.6. The Morgan fingerprint density at radius 3 is 0.607 bits per heavy atom. The molecule has 0 aliphatic heterocycles. The van der Waals surface area contributed by atoms with Crippen LogP contribution in [0.15, 0.2) is 388 Å². The van der Waals surface area contributed by atoms with Crippen LogP contribution >= 0.6 is 0 Å². The molecule has 12 heteroatoms. The van der Waals surface area contributed by atoms with Gasteiger partial charge in [0.05, 0.1) is 101 Å². The molecule has 10 nitrogen and oxygen atoms in total. The van der Waals surface area contributed by atoms with E-state index in [1.54, 1.807) is 0 Å². The summed E-state index contributed by atoms with van der Waals surface area (Å²) in [6, 6.07) is 142. The summed E-state index contributed by atoms with van der Waals surface area (Å²) < 4.78 is 5.23. The number of aryl methyl sites for hydroxylation is 10. The quantitative estimate of drug-likeness (QED) is 0.0294. The summed E-state index contributed by atoms with van der Waals surface area (Å²) in [5.41, 5.74) is 37.5. The average Bonchev–Trinajstić information content (AvgIpc) is 0.767. The van der Waals surface area contributed by atoms with Crippen LogP contribution in [0.1, 0.15) is 153 Å². The molecule has 0 atom stereocenters. The molecule has 0 unspecified atom stereocenters. The van der Waals surface area contributed by atoms with E-state index in [1.165, 1.54) is 249 Å². The molecule has 0 radical (unpaired) electrons. The van der Waals surface area contributed by atoms with Gasteiger partial charge in [-0.15, -0.1) is 0 Å². The second-order valence-corrected chi connectivity index (χ2v) is 43.0. The molecular formula is C138H171ClIN10+3. The lowest BCUT2D eigenvalue weighted by Crippen LogP contribution is -3.00. The molecule has 0 spiro atoms. The minimum atomic E-state index is 0. The zero-order valence-corrected chi connectivity index (χ0v) is 97.0. The summed E-state index contributed by atoms with van der Waals surface area (Å²) in [5, 5.41) is 5.18. The van der Waals surface area contributed by atoms with E-state index >= 15 is 0 Å². The molecule has 0 amide bonds. The summed E-state index contributed by atoms with van der Waals surface area (Å²) >= 11 is 0. The van der Waals surface area contributed by atoms with Gasteiger partial charge in [0, 0.05) is 113 Å². The van der Waals surface area contributed by atoms with Crippen molar-refractivity contribution in [3.63, 3.8) is 0 Å². The number of anilines is 15. The van der Waals surface area contributed by atoms with Crippen LogP contribution in [0.25, 0.3) is 21.5 Å². The minimum absolute atomic E-state index is 0. The maximum absolute atomic E-state index is 2.40. The molecular weight excluding hydrogens is 1960 g/mol. The van der Waals surface area contributed by atoms with Gasteiger partial charge in [0.2, 0.25) is 0 Å². The van der Waals surface area contributed by atoms with Crippen LogP contribution in [-0.4, -0.2) is 124 Å². The summed E-state index contributed by atoms with van der Waals surface area (Å²) in [6.45, 7) is 58.0. The van der Waals surface area contributed by atoms with E-state index in [9.17, 15) is 0 Å². The fourth-order valence-corrected chi connectivity index (χ4v) is 20.1. The maximum atomic E-state index is 2.40. The van der Waals surface area contributed by atoms with Crippen LogP contribution in [0.2, 0.25) is 0 Å². The van der Waals surface area contributed by atoms with Crippen LogP contribution in [-0.2, 0) is 32.7 Å². The van der Waals surface area contributed by atoms with Crippen LogP contribution in [0.4, 0.5) is 85.3 Å². The fraction of sp³-hybridized carbons (Fsp3) is 0.290. The van der Waals surface area contributed by atoms with Crippen molar-refractivity contribution in [2.75, 3.05) is 126 Å². The molecule has 0 saturated carbocycles. The Kier molecular flexibility index (Phi) is 43.8. The van der Waals surface area contributed by atoms with Gasteiger partial charge in [0.1, 0.15) is 32.7 Å². The summed E-state index contributed by atoms with van der Waals surface area (Å²) in [7, 11) is 13.4. The van der Waals surface area contributed by atoms with Crippen molar-refractivity contribution in [1.82, 2.24) is 0 Å². The van der Waals surface area contributed by atoms with Gasteiger partial charge < -0.3 is 83.3 Å². The molecule has 17 rings (SSSR count). The van der Waals surface area contributed by atoms with Crippen LogP contribution < -0.4 is 60.9 Å². The van der Waals surface area contributed by atoms with Gasteiger partial charge in [0.15, 0.2) is 0 Å². The Labute approximate surface area is 927 Å². The highest BCUT2D eigenvalue weighted by Gasteiger charge is 2.28. The van der Waals surface area contributed by atoms with E-state index < -0.39 is 0 Å². The molecule has 17 aromatic carbocycles. The molecule has 0 fully saturated rings. The monoisotopic (exact) mass is 2130 g/mol. The molecule has 784 valence electrons. The van der Waals surface area contributed by atoms with E-state index in [2.05, 4.69) is 587 Å². The SMILES string of the molecule is C.CC[N+](CC)(CC)Cc1ccc(N(c2cccc(C)c2)c2cccc(C)c2)cc1.CC[N+](CC)(CC)Cc1ccc2cc(N(c3ccc(C)cc3)c3ccc(C)cc3)ccc2c1.CC[N+](CC)(CC)Cc1ccc2ccc(N(c3ccc(C)cc3)c3ccc(C)cc3)cc2c1.Cc1ccc(N(c2ccc(C)cc2)c2cccc(C[N+](C)(C)C)c2)cc1.Cc1cccc(N(c2cccc(C)c2)c2cccc(C[N+](C)(C)C)c2)c1.[Cl-].[I-]. The third-order valence-electron chi connectivity index (χ3n) is 29.5. The van der Waals surface area contributed by atoms with E-state index in [0.717, 1.165) is 55.1 Å². The van der Waals surface area contributed by atoms with E-state index in [0.29, 0.717) is 0 Å². The smallest absolute Gasteiger partial charge is 0.104 e. The Hall–Kier alpha value is -12.9. The number of rotatable bonds is 34. The predicted octanol–water partition coefficient (Wildman–Crippen LogP) is 30.4. The normalized spacial score (nSPS) is 11.3. The van der Waals surface area contributed by atoms with Crippen molar-refractivity contribution in [2.45, 2.75) is 172 Å². The highest BCUT2D eigenvalue weighted by Crippen LogP contribution is 2.44. The number of hydrogen-bond donors (Lipinski definition) is 0. The highest BCUT2D eigenvalue weighted by molar-refractivity contribution is 5.92. The van der Waals surface area contributed by atoms with Crippen molar-refractivity contribution >= 4 is 107 Å². The number of hydrogen-bond acceptors (Lipinski definition) is 5. The first-order valence-corrected chi connectivity index (χ1v) is 53.7. The molecule has 0 heterocycles. The largest absolute Gasteiger partial charge is 1.00 e. The predicted molar refractivity (Wildman–Crippen MR) is 645 cm³/mol. The van der Waals surface area contributed by atoms with Crippen molar-refractivity contribution in [3.8, 4) is 0 Å². The lowest BCUT2D eigenvalue weighted by Gasteiger charge is -2.36. The lowest BCUT2D eigenvalue weighted by atomic mass is 10.0. The number of halogens is 2. The van der Waals surface area contributed by atoms with Gasteiger partial charge in [-0.1, -0.05) is 235 Å². The van der Waals surface area contributed by atoms with Gasteiger partial charge in [-0.3, -0.25) is 0 Å². The van der Waals surface area contributed by atoms with E-state index in [-0.39, 0.29) is 43.8 Å². The number of nitrogens with zero attached hydrogens (tertiary/aromatic N) is 10. The van der Waals surface area contributed by atoms with Crippen LogP contribution in [0.3, 0.4) is 0 Å². The minimum Gasteiger partial charge on any atom is -1.00 e. The molecule has 150 heavy (non-hydrogen) atoms. The van der Waals surface area contributed by atoms with Crippen molar-refractivity contribution in [2.24, 2.45) is 0 Å². The van der Waals surface area contributed by atoms with Crippen molar-refractivity contribution in [1.29, 1.82) is 0 Å². The first kappa shape index (κ1) is 119. The molecule has 0 aliphatic carbocycles. The van der Waals surface area contributed by atoms with E-state index in [4.69, 9.17) is 0 Å². The summed E-state index contributed by atoms with van der Waals surface area (Å²) in [4.78, 5) is 11.7. The molecule has 0 N–H and O–H groups in total. The van der Waals surface area contributed by atoms with Crippen LogP contribution in [0.5, 0.6) is 0 Å². The Morgan fingerprint density at radius 2 is 0.340 bits per heavy atom. The van der Waals surface area contributed by atoms with Gasteiger partial charge in [-0.2, -0.15) is 0 Å². The molecule has 0 aromatic heterocycles. The molecule has 17 aromatic rings.